The number of halogens is 1. The zero-order chi connectivity index (χ0) is 15.1. The number of nitrogens with zero attached hydrogens (tertiary/aromatic N) is 2. The van der Waals surface area contributed by atoms with Gasteiger partial charge in [-0.3, -0.25) is 9.89 Å². The lowest BCUT2D eigenvalue weighted by molar-refractivity contribution is 0.00752. The highest BCUT2D eigenvalue weighted by molar-refractivity contribution is 14.0. The largest absolute Gasteiger partial charge is 0.379 e. The maximum Gasteiger partial charge on any atom is 0.191 e. The van der Waals surface area contributed by atoms with Crippen molar-refractivity contribution in [3.8, 4) is 0 Å². The van der Waals surface area contributed by atoms with Crippen LogP contribution >= 0.6 is 24.0 Å². The van der Waals surface area contributed by atoms with Crippen molar-refractivity contribution in [3.63, 3.8) is 0 Å². The Morgan fingerprint density at radius 3 is 2.45 bits per heavy atom. The molecule has 1 heterocycles. The Balaban J connectivity index is 0.00000242. The fourth-order valence-electron chi connectivity index (χ4n) is 2.92. The molecule has 2 aliphatic rings. The molecule has 0 bridgehead atoms. The lowest BCUT2D eigenvalue weighted by Crippen LogP contribution is -2.52. The molecule has 5 nitrogen and oxygen atoms in total. The smallest absolute Gasteiger partial charge is 0.191 e. The molecule has 22 heavy (non-hydrogen) atoms. The van der Waals surface area contributed by atoms with E-state index in [1.54, 1.807) is 0 Å². The van der Waals surface area contributed by atoms with Gasteiger partial charge in [0.05, 0.1) is 13.2 Å². The van der Waals surface area contributed by atoms with Crippen LogP contribution in [0.25, 0.3) is 0 Å². The van der Waals surface area contributed by atoms with Crippen LogP contribution in [0.1, 0.15) is 33.1 Å². The molecule has 1 saturated heterocycles. The van der Waals surface area contributed by atoms with Crippen molar-refractivity contribution >= 4 is 29.9 Å². The predicted molar refractivity (Wildman–Crippen MR) is 103 cm³/mol. The maximum absolute atomic E-state index is 5.46. The summed E-state index contributed by atoms with van der Waals surface area (Å²) in [5.41, 5.74) is 0. The van der Waals surface area contributed by atoms with Crippen molar-refractivity contribution in [2.24, 2.45) is 16.8 Å². The molecule has 1 aliphatic heterocycles. The second-order valence-corrected chi connectivity index (χ2v) is 6.57. The van der Waals surface area contributed by atoms with Crippen molar-refractivity contribution in [2.75, 3.05) is 46.4 Å². The highest BCUT2D eigenvalue weighted by Gasteiger charge is 2.24. The van der Waals surface area contributed by atoms with E-state index < -0.39 is 0 Å². The van der Waals surface area contributed by atoms with E-state index in [-0.39, 0.29) is 24.0 Å². The van der Waals surface area contributed by atoms with E-state index in [1.165, 1.54) is 19.3 Å². The van der Waals surface area contributed by atoms with Crippen molar-refractivity contribution in [3.05, 3.63) is 0 Å². The van der Waals surface area contributed by atoms with Gasteiger partial charge in [-0.25, -0.2) is 0 Å². The van der Waals surface area contributed by atoms with Gasteiger partial charge in [-0.1, -0.05) is 26.7 Å². The summed E-state index contributed by atoms with van der Waals surface area (Å²) in [6, 6.07) is 0.538. The van der Waals surface area contributed by atoms with Crippen molar-refractivity contribution in [2.45, 2.75) is 39.2 Å². The molecule has 6 heteroatoms. The third-order valence-corrected chi connectivity index (χ3v) is 4.53. The molecule has 1 aliphatic carbocycles. The number of nitrogens with one attached hydrogen (secondary N) is 2. The fourth-order valence-corrected chi connectivity index (χ4v) is 2.92. The normalized spacial score (nSPS) is 21.4. The summed E-state index contributed by atoms with van der Waals surface area (Å²) in [4.78, 5) is 6.87. The lowest BCUT2D eigenvalue weighted by atomic mass is 10.0. The standard InChI is InChI=1S/C16H32N4O.HI/c1-13(2)15(20-8-10-21-11-9-20)12-19-16(17-3)18-7-6-14-4-5-14;/h13-15H,4-12H2,1-3H3,(H2,17,18,19);1H. The molecule has 0 aromatic carbocycles. The molecule has 0 amide bonds. The van der Waals surface area contributed by atoms with E-state index in [1.807, 2.05) is 7.05 Å². The molecule has 1 unspecified atom stereocenters. The molecule has 2 fully saturated rings. The molecule has 0 spiro atoms. The average molecular weight is 424 g/mol. The minimum absolute atomic E-state index is 0. The third-order valence-electron chi connectivity index (χ3n) is 4.53. The average Bonchev–Trinajstić information content (AvgIpc) is 3.30. The Hall–Kier alpha value is -0.0800. The second-order valence-electron chi connectivity index (χ2n) is 6.57. The Kier molecular flexibility index (Phi) is 9.66. The zero-order valence-corrected chi connectivity index (χ0v) is 16.6. The SMILES string of the molecule is CN=C(NCCC1CC1)NCC(C(C)C)N1CCOCC1.I. The molecule has 0 aromatic heterocycles. The summed E-state index contributed by atoms with van der Waals surface area (Å²) < 4.78 is 5.46. The third kappa shape index (κ3) is 7.00. The minimum atomic E-state index is 0. The molecule has 1 saturated carbocycles. The number of aliphatic imine (C=N–C) groups is 1. The number of guanidine groups is 1. The van der Waals surface area contributed by atoms with Gasteiger partial charge >= 0.3 is 0 Å². The van der Waals surface area contributed by atoms with Crippen LogP contribution in [0, 0.1) is 11.8 Å². The van der Waals surface area contributed by atoms with Crippen LogP contribution in [0.4, 0.5) is 0 Å². The highest BCUT2D eigenvalue weighted by Crippen LogP contribution is 2.31. The van der Waals surface area contributed by atoms with Crippen LogP contribution in [0.2, 0.25) is 0 Å². The van der Waals surface area contributed by atoms with Gasteiger partial charge in [0.15, 0.2) is 5.96 Å². The lowest BCUT2D eigenvalue weighted by Gasteiger charge is -2.37. The molecule has 1 atom stereocenters. The van der Waals surface area contributed by atoms with E-state index in [0.717, 1.165) is 51.3 Å². The summed E-state index contributed by atoms with van der Waals surface area (Å²) in [5, 5.41) is 6.93. The minimum Gasteiger partial charge on any atom is -0.379 e. The molecule has 2 rings (SSSR count). The van der Waals surface area contributed by atoms with Crippen LogP contribution in [0.3, 0.4) is 0 Å². The number of rotatable bonds is 7. The number of morpholine rings is 1. The van der Waals surface area contributed by atoms with Crippen LogP contribution in [-0.2, 0) is 4.74 Å². The molecular formula is C16H33IN4O. The first-order valence-electron chi connectivity index (χ1n) is 8.47. The van der Waals surface area contributed by atoms with Gasteiger partial charge in [0, 0.05) is 39.3 Å². The van der Waals surface area contributed by atoms with E-state index >= 15 is 0 Å². The summed E-state index contributed by atoms with van der Waals surface area (Å²) >= 11 is 0. The first-order chi connectivity index (χ1) is 10.2. The van der Waals surface area contributed by atoms with Crippen molar-refractivity contribution < 1.29 is 4.74 Å². The molecule has 130 valence electrons. The quantitative estimate of drug-likeness (QED) is 0.373. The fraction of sp³-hybridized carbons (Fsp3) is 0.938. The van der Waals surface area contributed by atoms with Crippen LogP contribution in [0.5, 0.6) is 0 Å². The van der Waals surface area contributed by atoms with Crippen molar-refractivity contribution in [1.29, 1.82) is 0 Å². The zero-order valence-electron chi connectivity index (χ0n) is 14.3. The first kappa shape index (κ1) is 20.0. The Morgan fingerprint density at radius 2 is 1.91 bits per heavy atom. The van der Waals surface area contributed by atoms with E-state index in [9.17, 15) is 0 Å². The summed E-state index contributed by atoms with van der Waals surface area (Å²) in [6.45, 7) is 10.4. The number of ether oxygens (including phenoxy) is 1. The Bertz CT molecular complexity index is 328. The van der Waals surface area contributed by atoms with E-state index in [2.05, 4.69) is 34.4 Å². The molecule has 0 aromatic rings. The van der Waals surface area contributed by atoms with Gasteiger partial charge in [0.2, 0.25) is 0 Å². The van der Waals surface area contributed by atoms with E-state index in [0.29, 0.717) is 12.0 Å². The second kappa shape index (κ2) is 10.6. The van der Waals surface area contributed by atoms with Gasteiger partial charge < -0.3 is 15.4 Å². The summed E-state index contributed by atoms with van der Waals surface area (Å²) in [6.07, 6.45) is 4.11. The van der Waals surface area contributed by atoms with Crippen LogP contribution < -0.4 is 10.6 Å². The topological polar surface area (TPSA) is 48.9 Å². The van der Waals surface area contributed by atoms with Gasteiger partial charge in [-0.15, -0.1) is 24.0 Å². The number of hydrogen-bond donors (Lipinski definition) is 2. The van der Waals surface area contributed by atoms with Crippen LogP contribution in [-0.4, -0.2) is 63.3 Å². The van der Waals surface area contributed by atoms with Crippen molar-refractivity contribution in [1.82, 2.24) is 15.5 Å². The van der Waals surface area contributed by atoms with Gasteiger partial charge in [-0.05, 0) is 18.3 Å². The highest BCUT2D eigenvalue weighted by atomic mass is 127. The van der Waals surface area contributed by atoms with E-state index in [4.69, 9.17) is 4.74 Å². The molecular weight excluding hydrogens is 391 g/mol. The summed E-state index contributed by atoms with van der Waals surface area (Å²) in [5.74, 6) is 2.53. The molecule has 2 N–H and O–H groups in total. The van der Waals surface area contributed by atoms with Gasteiger partial charge in [0.25, 0.3) is 0 Å². The number of hydrogen-bond acceptors (Lipinski definition) is 3. The predicted octanol–water partition coefficient (Wildman–Crippen LogP) is 1.93. The Morgan fingerprint density at radius 1 is 1.23 bits per heavy atom. The van der Waals surface area contributed by atoms with Crippen LogP contribution in [0.15, 0.2) is 4.99 Å². The van der Waals surface area contributed by atoms with Gasteiger partial charge in [-0.2, -0.15) is 0 Å². The van der Waals surface area contributed by atoms with Gasteiger partial charge in [0.1, 0.15) is 0 Å². The summed E-state index contributed by atoms with van der Waals surface area (Å²) in [7, 11) is 1.85. The maximum atomic E-state index is 5.46. The molecule has 0 radical (unpaired) electrons. The Labute approximate surface area is 152 Å². The monoisotopic (exact) mass is 424 g/mol. The first-order valence-corrected chi connectivity index (χ1v) is 8.47.